The highest BCUT2D eigenvalue weighted by Crippen LogP contribution is 2.35. The minimum Gasteiger partial charge on any atom is -0.482 e. The molecule has 0 aliphatic heterocycles. The van der Waals surface area contributed by atoms with Gasteiger partial charge >= 0.3 is 5.69 Å². The van der Waals surface area contributed by atoms with Crippen molar-refractivity contribution in [1.82, 2.24) is 0 Å². The number of nitrogens with one attached hydrogen (secondary N) is 1. The van der Waals surface area contributed by atoms with E-state index in [0.29, 0.717) is 17.3 Å². The molecule has 0 saturated heterocycles. The molecule has 5 nitrogen and oxygen atoms in total. The van der Waals surface area contributed by atoms with Gasteiger partial charge in [-0.2, -0.15) is 0 Å². The van der Waals surface area contributed by atoms with Crippen molar-refractivity contribution in [3.8, 4) is 5.75 Å². The minimum atomic E-state index is -0.439. The molecule has 6 heteroatoms. The molecule has 0 spiro atoms. The van der Waals surface area contributed by atoms with E-state index in [2.05, 4.69) is 5.32 Å². The molecule has 0 bridgehead atoms. The van der Waals surface area contributed by atoms with Gasteiger partial charge in [-0.15, -0.1) is 0 Å². The number of nitrogens with zero attached hydrogens (tertiary/aromatic N) is 1. The molecule has 2 rings (SSSR count). The average Bonchev–Trinajstić information content (AvgIpc) is 2.45. The van der Waals surface area contributed by atoms with Gasteiger partial charge in [-0.25, -0.2) is 0 Å². The molecule has 0 unspecified atom stereocenters. The number of hydrogen-bond acceptors (Lipinski definition) is 4. The highest BCUT2D eigenvalue weighted by molar-refractivity contribution is 6.30. The third-order valence-electron chi connectivity index (χ3n) is 2.83. The molecule has 0 atom stereocenters. The van der Waals surface area contributed by atoms with Gasteiger partial charge in [0.1, 0.15) is 12.3 Å². The van der Waals surface area contributed by atoms with Crippen LogP contribution in [0.5, 0.6) is 5.75 Å². The number of para-hydroxylation sites is 1. The Morgan fingerprint density at radius 3 is 2.71 bits per heavy atom. The Bertz CT molecular complexity index is 647. The van der Waals surface area contributed by atoms with E-state index in [0.717, 1.165) is 5.56 Å². The summed E-state index contributed by atoms with van der Waals surface area (Å²) in [4.78, 5) is 10.8. The number of anilines is 1. The molecule has 21 heavy (non-hydrogen) atoms. The molecule has 110 valence electrons. The molecule has 0 aliphatic carbocycles. The van der Waals surface area contributed by atoms with E-state index < -0.39 is 4.92 Å². The Hall–Kier alpha value is -2.27. The summed E-state index contributed by atoms with van der Waals surface area (Å²) >= 11 is 5.90. The molecule has 0 radical (unpaired) electrons. The van der Waals surface area contributed by atoms with E-state index in [1.807, 2.05) is 19.1 Å². The van der Waals surface area contributed by atoms with E-state index in [4.69, 9.17) is 16.3 Å². The second-order valence-electron chi connectivity index (χ2n) is 4.36. The average molecular weight is 307 g/mol. The number of ether oxygens (including phenoxy) is 1. The summed E-state index contributed by atoms with van der Waals surface area (Å²) in [5.74, 6) is 0.235. The highest BCUT2D eigenvalue weighted by Gasteiger charge is 2.20. The van der Waals surface area contributed by atoms with Gasteiger partial charge in [-0.05, 0) is 36.8 Å². The van der Waals surface area contributed by atoms with Crippen molar-refractivity contribution in [3.05, 3.63) is 63.2 Å². The standard InChI is InChI=1S/C15H15ClN2O3/c1-2-17-13-7-4-8-14(15(13)18(19)20)21-10-11-5-3-6-12(16)9-11/h3-9,17H,2,10H2,1H3. The summed E-state index contributed by atoms with van der Waals surface area (Å²) in [6, 6.07) is 12.2. The lowest BCUT2D eigenvalue weighted by Crippen LogP contribution is -2.04. The largest absolute Gasteiger partial charge is 0.482 e. The fourth-order valence-electron chi connectivity index (χ4n) is 1.95. The van der Waals surface area contributed by atoms with E-state index in [-0.39, 0.29) is 18.0 Å². The lowest BCUT2D eigenvalue weighted by molar-refractivity contribution is -0.385. The molecule has 0 saturated carbocycles. The fourth-order valence-corrected chi connectivity index (χ4v) is 2.16. The zero-order valence-corrected chi connectivity index (χ0v) is 12.3. The van der Waals surface area contributed by atoms with Crippen molar-refractivity contribution in [3.63, 3.8) is 0 Å². The smallest absolute Gasteiger partial charge is 0.333 e. The maximum absolute atomic E-state index is 11.2. The third kappa shape index (κ3) is 3.86. The van der Waals surface area contributed by atoms with E-state index in [1.165, 1.54) is 0 Å². The number of hydrogen-bond donors (Lipinski definition) is 1. The third-order valence-corrected chi connectivity index (χ3v) is 3.07. The van der Waals surface area contributed by atoms with Crippen LogP contribution in [-0.2, 0) is 6.61 Å². The highest BCUT2D eigenvalue weighted by atomic mass is 35.5. The number of benzene rings is 2. The SMILES string of the molecule is CCNc1cccc(OCc2cccc(Cl)c2)c1[N+](=O)[O-]. The Morgan fingerprint density at radius 2 is 2.05 bits per heavy atom. The second-order valence-corrected chi connectivity index (χ2v) is 4.79. The van der Waals surface area contributed by atoms with Crippen molar-refractivity contribution in [2.45, 2.75) is 13.5 Å². The molecule has 1 N–H and O–H groups in total. The normalized spacial score (nSPS) is 10.2. The van der Waals surface area contributed by atoms with Crippen LogP contribution in [0, 0.1) is 10.1 Å². The summed E-state index contributed by atoms with van der Waals surface area (Å²) < 4.78 is 5.59. The monoisotopic (exact) mass is 306 g/mol. The Kier molecular flexibility index (Phi) is 5.00. The topological polar surface area (TPSA) is 64.4 Å². The first-order valence-electron chi connectivity index (χ1n) is 6.50. The molecule has 0 fully saturated rings. The van der Waals surface area contributed by atoms with Crippen LogP contribution >= 0.6 is 11.6 Å². The van der Waals surface area contributed by atoms with Crippen LogP contribution in [0.15, 0.2) is 42.5 Å². The lowest BCUT2D eigenvalue weighted by Gasteiger charge is -2.10. The lowest BCUT2D eigenvalue weighted by atomic mass is 10.2. The van der Waals surface area contributed by atoms with Crippen LogP contribution in [0.2, 0.25) is 5.02 Å². The first-order valence-corrected chi connectivity index (χ1v) is 6.88. The van der Waals surface area contributed by atoms with Gasteiger partial charge in [0.15, 0.2) is 5.75 Å². The Balaban J connectivity index is 2.23. The summed E-state index contributed by atoms with van der Waals surface area (Å²) in [6.45, 7) is 2.69. The van der Waals surface area contributed by atoms with Gasteiger partial charge in [0, 0.05) is 11.6 Å². The summed E-state index contributed by atoms with van der Waals surface area (Å²) in [6.07, 6.45) is 0. The van der Waals surface area contributed by atoms with Crippen LogP contribution < -0.4 is 10.1 Å². The molecule has 0 aromatic heterocycles. The van der Waals surface area contributed by atoms with Crippen LogP contribution in [-0.4, -0.2) is 11.5 Å². The van der Waals surface area contributed by atoms with Crippen LogP contribution in [0.25, 0.3) is 0 Å². The minimum absolute atomic E-state index is 0.0543. The van der Waals surface area contributed by atoms with Gasteiger partial charge < -0.3 is 10.1 Å². The van der Waals surface area contributed by atoms with E-state index in [1.54, 1.807) is 30.3 Å². The number of halogens is 1. The molecule has 2 aromatic carbocycles. The second kappa shape index (κ2) is 6.95. The first kappa shape index (κ1) is 15.1. The molecule has 0 aliphatic rings. The predicted octanol–water partition coefficient (Wildman–Crippen LogP) is 4.26. The molecule has 2 aromatic rings. The maximum atomic E-state index is 11.2. The van der Waals surface area contributed by atoms with Gasteiger partial charge in [0.25, 0.3) is 0 Å². The van der Waals surface area contributed by atoms with Gasteiger partial charge in [0.2, 0.25) is 0 Å². The quantitative estimate of drug-likeness (QED) is 0.640. The van der Waals surface area contributed by atoms with Crippen LogP contribution in [0.3, 0.4) is 0 Å². The van der Waals surface area contributed by atoms with Gasteiger partial charge in [0.05, 0.1) is 4.92 Å². The Morgan fingerprint density at radius 1 is 1.29 bits per heavy atom. The van der Waals surface area contributed by atoms with Crippen molar-refractivity contribution in [2.75, 3.05) is 11.9 Å². The van der Waals surface area contributed by atoms with Gasteiger partial charge in [-0.3, -0.25) is 10.1 Å². The molecular formula is C15H15ClN2O3. The number of nitro groups is 1. The summed E-state index contributed by atoms with van der Waals surface area (Å²) in [5, 5.41) is 14.8. The van der Waals surface area contributed by atoms with E-state index >= 15 is 0 Å². The molecule has 0 amide bonds. The zero-order valence-electron chi connectivity index (χ0n) is 11.5. The Labute approximate surface area is 127 Å². The van der Waals surface area contributed by atoms with Crippen LogP contribution in [0.1, 0.15) is 12.5 Å². The van der Waals surface area contributed by atoms with Crippen molar-refractivity contribution >= 4 is 23.0 Å². The van der Waals surface area contributed by atoms with Crippen molar-refractivity contribution in [2.24, 2.45) is 0 Å². The fraction of sp³-hybridized carbons (Fsp3) is 0.200. The van der Waals surface area contributed by atoms with Crippen molar-refractivity contribution in [1.29, 1.82) is 0 Å². The van der Waals surface area contributed by atoms with E-state index in [9.17, 15) is 10.1 Å². The maximum Gasteiger partial charge on any atom is 0.333 e. The zero-order chi connectivity index (χ0) is 15.2. The van der Waals surface area contributed by atoms with Gasteiger partial charge in [-0.1, -0.05) is 29.8 Å². The number of rotatable bonds is 6. The summed E-state index contributed by atoms with van der Waals surface area (Å²) in [5.41, 5.74) is 1.25. The van der Waals surface area contributed by atoms with Crippen molar-refractivity contribution < 1.29 is 9.66 Å². The predicted molar refractivity (Wildman–Crippen MR) is 83.0 cm³/mol. The molecule has 0 heterocycles. The number of nitro benzene ring substituents is 1. The van der Waals surface area contributed by atoms with Crippen LogP contribution in [0.4, 0.5) is 11.4 Å². The molecular weight excluding hydrogens is 292 g/mol. The first-order chi connectivity index (χ1) is 10.1. The summed E-state index contributed by atoms with van der Waals surface area (Å²) in [7, 11) is 0.